The maximum Gasteiger partial charge on any atom is 0.238 e. The van der Waals surface area contributed by atoms with Gasteiger partial charge in [-0.15, -0.1) is 0 Å². The SMILES string of the molecule is COc1cc(C)c(CN(C)CC(=O)Nc2c(C)cccc2C(C)C)cc1OC. The molecule has 0 atom stereocenters. The van der Waals surface area contributed by atoms with Crippen molar-refractivity contribution in [1.82, 2.24) is 4.90 Å². The van der Waals surface area contributed by atoms with E-state index in [9.17, 15) is 4.79 Å². The highest BCUT2D eigenvalue weighted by Gasteiger charge is 2.15. The van der Waals surface area contributed by atoms with E-state index in [0.29, 0.717) is 30.5 Å². The number of nitrogens with zero attached hydrogens (tertiary/aromatic N) is 1. The molecule has 1 N–H and O–H groups in total. The summed E-state index contributed by atoms with van der Waals surface area (Å²) in [4.78, 5) is 14.6. The minimum atomic E-state index is -0.0168. The Balaban J connectivity index is 2.08. The van der Waals surface area contributed by atoms with Gasteiger partial charge in [0.2, 0.25) is 5.91 Å². The normalized spacial score (nSPS) is 11.0. The number of nitrogens with one attached hydrogen (secondary N) is 1. The average molecular weight is 385 g/mol. The number of aryl methyl sites for hydroxylation is 2. The van der Waals surface area contributed by atoms with Gasteiger partial charge in [0.1, 0.15) is 0 Å². The van der Waals surface area contributed by atoms with E-state index >= 15 is 0 Å². The Bertz CT molecular complexity index is 831. The van der Waals surface area contributed by atoms with Crippen molar-refractivity contribution < 1.29 is 14.3 Å². The fourth-order valence-corrected chi connectivity index (χ4v) is 3.31. The van der Waals surface area contributed by atoms with Gasteiger partial charge in [-0.25, -0.2) is 0 Å². The monoisotopic (exact) mass is 384 g/mol. The van der Waals surface area contributed by atoms with E-state index in [4.69, 9.17) is 9.47 Å². The van der Waals surface area contributed by atoms with Crippen LogP contribution in [-0.4, -0.2) is 38.6 Å². The molecule has 0 spiro atoms. The summed E-state index contributed by atoms with van der Waals surface area (Å²) in [6.45, 7) is 9.28. The Labute approximate surface area is 168 Å². The number of anilines is 1. The molecule has 152 valence electrons. The first-order valence-electron chi connectivity index (χ1n) is 9.56. The number of methoxy groups -OCH3 is 2. The molecule has 5 heteroatoms. The molecule has 0 aliphatic rings. The lowest BCUT2D eigenvalue weighted by molar-refractivity contribution is -0.117. The number of hydrogen-bond acceptors (Lipinski definition) is 4. The molecular formula is C23H32N2O3. The zero-order chi connectivity index (χ0) is 20.8. The van der Waals surface area contributed by atoms with E-state index < -0.39 is 0 Å². The minimum absolute atomic E-state index is 0.0168. The third kappa shape index (κ3) is 5.26. The first kappa shape index (κ1) is 21.8. The van der Waals surface area contributed by atoms with E-state index in [0.717, 1.165) is 27.9 Å². The Morgan fingerprint density at radius 3 is 2.32 bits per heavy atom. The minimum Gasteiger partial charge on any atom is -0.493 e. The zero-order valence-electron chi connectivity index (χ0n) is 18.1. The number of hydrogen-bond donors (Lipinski definition) is 1. The molecule has 1 amide bonds. The molecule has 0 radical (unpaired) electrons. The number of carbonyl (C=O) groups excluding carboxylic acids is 1. The predicted octanol–water partition coefficient (Wildman–Crippen LogP) is 4.51. The number of ether oxygens (including phenoxy) is 2. The number of para-hydroxylation sites is 1. The summed E-state index contributed by atoms with van der Waals surface area (Å²) in [5.41, 5.74) is 5.38. The summed E-state index contributed by atoms with van der Waals surface area (Å²) in [5.74, 6) is 1.74. The number of benzene rings is 2. The van der Waals surface area contributed by atoms with Crippen molar-refractivity contribution in [2.24, 2.45) is 0 Å². The van der Waals surface area contributed by atoms with Crippen LogP contribution in [0.4, 0.5) is 5.69 Å². The first-order valence-corrected chi connectivity index (χ1v) is 9.56. The fourth-order valence-electron chi connectivity index (χ4n) is 3.31. The number of rotatable bonds is 8. The van der Waals surface area contributed by atoms with Crippen LogP contribution in [0.2, 0.25) is 0 Å². The molecule has 2 aromatic rings. The van der Waals surface area contributed by atoms with Gasteiger partial charge in [-0.05, 0) is 61.2 Å². The number of likely N-dealkylation sites (N-methyl/N-ethyl adjacent to an activating group) is 1. The third-order valence-corrected chi connectivity index (χ3v) is 4.89. The molecular weight excluding hydrogens is 352 g/mol. The molecule has 0 aliphatic carbocycles. The number of carbonyl (C=O) groups is 1. The standard InChI is InChI=1S/C23H32N2O3/c1-15(2)19-10-8-9-16(3)23(19)24-22(26)14-25(5)13-18-12-21(28-7)20(27-6)11-17(18)4/h8-12,15H,13-14H2,1-7H3,(H,24,26). The Kier molecular flexibility index (Phi) is 7.46. The van der Waals surface area contributed by atoms with Crippen LogP contribution in [0.1, 0.15) is 42.0 Å². The van der Waals surface area contributed by atoms with Crippen molar-refractivity contribution in [3.05, 3.63) is 52.6 Å². The summed E-state index contributed by atoms with van der Waals surface area (Å²) in [6, 6.07) is 10.1. The smallest absolute Gasteiger partial charge is 0.238 e. The largest absolute Gasteiger partial charge is 0.493 e. The molecule has 5 nitrogen and oxygen atoms in total. The quantitative estimate of drug-likeness (QED) is 0.727. The Morgan fingerprint density at radius 1 is 1.07 bits per heavy atom. The lowest BCUT2D eigenvalue weighted by atomic mass is 9.98. The van der Waals surface area contributed by atoms with Crippen LogP contribution >= 0.6 is 0 Å². The van der Waals surface area contributed by atoms with Gasteiger partial charge >= 0.3 is 0 Å². The molecule has 0 heterocycles. The Morgan fingerprint density at radius 2 is 1.71 bits per heavy atom. The van der Waals surface area contributed by atoms with Gasteiger partial charge in [0.05, 0.1) is 20.8 Å². The van der Waals surface area contributed by atoms with Crippen molar-refractivity contribution in [2.75, 3.05) is 33.1 Å². The molecule has 0 fully saturated rings. The Hall–Kier alpha value is -2.53. The second-order valence-electron chi connectivity index (χ2n) is 7.55. The van der Waals surface area contributed by atoms with Gasteiger partial charge in [-0.1, -0.05) is 32.0 Å². The van der Waals surface area contributed by atoms with Crippen LogP contribution in [0.25, 0.3) is 0 Å². The molecule has 0 saturated heterocycles. The lowest BCUT2D eigenvalue weighted by Crippen LogP contribution is -2.30. The van der Waals surface area contributed by atoms with E-state index in [1.807, 2.05) is 50.1 Å². The van der Waals surface area contributed by atoms with Crippen LogP contribution in [0.3, 0.4) is 0 Å². The maximum atomic E-state index is 12.7. The van der Waals surface area contributed by atoms with Crippen LogP contribution in [0.15, 0.2) is 30.3 Å². The summed E-state index contributed by atoms with van der Waals surface area (Å²) < 4.78 is 10.7. The van der Waals surface area contributed by atoms with E-state index in [1.165, 1.54) is 0 Å². The second-order valence-corrected chi connectivity index (χ2v) is 7.55. The van der Waals surface area contributed by atoms with Crippen molar-refractivity contribution in [1.29, 1.82) is 0 Å². The average Bonchev–Trinajstić information content (AvgIpc) is 2.64. The highest BCUT2D eigenvalue weighted by atomic mass is 16.5. The van der Waals surface area contributed by atoms with Gasteiger partial charge in [-0.3, -0.25) is 9.69 Å². The second kappa shape index (κ2) is 9.60. The molecule has 0 aliphatic heterocycles. The van der Waals surface area contributed by atoms with E-state index in [-0.39, 0.29) is 5.91 Å². The maximum absolute atomic E-state index is 12.7. The molecule has 0 unspecified atom stereocenters. The summed E-state index contributed by atoms with van der Waals surface area (Å²) in [7, 11) is 5.20. The van der Waals surface area contributed by atoms with Crippen LogP contribution < -0.4 is 14.8 Å². The lowest BCUT2D eigenvalue weighted by Gasteiger charge is -2.21. The highest BCUT2D eigenvalue weighted by Crippen LogP contribution is 2.31. The van der Waals surface area contributed by atoms with Gasteiger partial charge < -0.3 is 14.8 Å². The van der Waals surface area contributed by atoms with Gasteiger partial charge in [0.15, 0.2) is 11.5 Å². The molecule has 2 rings (SSSR count). The van der Waals surface area contributed by atoms with Crippen molar-refractivity contribution >= 4 is 11.6 Å². The zero-order valence-corrected chi connectivity index (χ0v) is 18.1. The first-order chi connectivity index (χ1) is 13.3. The van der Waals surface area contributed by atoms with Crippen molar-refractivity contribution in [3.63, 3.8) is 0 Å². The van der Waals surface area contributed by atoms with E-state index in [2.05, 4.69) is 25.2 Å². The highest BCUT2D eigenvalue weighted by molar-refractivity contribution is 5.93. The molecule has 0 bridgehead atoms. The van der Waals surface area contributed by atoms with Gasteiger partial charge in [-0.2, -0.15) is 0 Å². The topological polar surface area (TPSA) is 50.8 Å². The molecule has 0 saturated carbocycles. The van der Waals surface area contributed by atoms with Gasteiger partial charge in [0.25, 0.3) is 0 Å². The molecule has 2 aromatic carbocycles. The van der Waals surface area contributed by atoms with E-state index in [1.54, 1.807) is 14.2 Å². The van der Waals surface area contributed by atoms with Crippen molar-refractivity contribution in [3.8, 4) is 11.5 Å². The van der Waals surface area contributed by atoms with Gasteiger partial charge in [0, 0.05) is 12.2 Å². The molecule has 0 aromatic heterocycles. The van der Waals surface area contributed by atoms with Crippen molar-refractivity contribution in [2.45, 2.75) is 40.2 Å². The third-order valence-electron chi connectivity index (χ3n) is 4.89. The predicted molar refractivity (Wildman–Crippen MR) is 115 cm³/mol. The van der Waals surface area contributed by atoms with Crippen LogP contribution in [0.5, 0.6) is 11.5 Å². The summed E-state index contributed by atoms with van der Waals surface area (Å²) in [6.07, 6.45) is 0. The summed E-state index contributed by atoms with van der Waals surface area (Å²) >= 11 is 0. The fraction of sp³-hybridized carbons (Fsp3) is 0.435. The summed E-state index contributed by atoms with van der Waals surface area (Å²) in [5, 5.41) is 3.11. The number of amides is 1. The van der Waals surface area contributed by atoms with Crippen LogP contribution in [-0.2, 0) is 11.3 Å². The van der Waals surface area contributed by atoms with Crippen LogP contribution in [0, 0.1) is 13.8 Å². The molecule has 28 heavy (non-hydrogen) atoms.